The lowest BCUT2D eigenvalue weighted by Crippen LogP contribution is -2.34. The topological polar surface area (TPSA) is 87.7 Å². The van der Waals surface area contributed by atoms with E-state index in [9.17, 15) is 14.0 Å². The Morgan fingerprint density at radius 2 is 2.17 bits per heavy atom. The predicted octanol–water partition coefficient (Wildman–Crippen LogP) is 2.41. The van der Waals surface area contributed by atoms with Crippen LogP contribution in [0.15, 0.2) is 18.2 Å². The minimum absolute atomic E-state index is 0.00689. The Morgan fingerprint density at radius 3 is 2.87 bits per heavy atom. The predicted molar refractivity (Wildman–Crippen MR) is 82.2 cm³/mol. The molecule has 2 amide bonds. The van der Waals surface area contributed by atoms with Crippen LogP contribution in [0, 0.1) is 11.7 Å². The Labute approximate surface area is 138 Å². The molecular weight excluding hydrogens is 327 g/mol. The molecule has 2 unspecified atom stereocenters. The number of carbonyl (C=O) groups excluding carboxylic acids is 1. The molecule has 8 heteroatoms. The number of benzene rings is 1. The molecule has 1 aromatic rings. The molecule has 1 aliphatic carbocycles. The number of hydrogen-bond acceptors (Lipinski definition) is 3. The SMILES string of the molecule is O=C(O)NC1CCC(CNC(=O)COc2ccc(Cl)c(F)c2)C1. The summed E-state index contributed by atoms with van der Waals surface area (Å²) in [6.07, 6.45) is 1.31. The quantitative estimate of drug-likeness (QED) is 0.739. The maximum absolute atomic E-state index is 13.2. The highest BCUT2D eigenvalue weighted by atomic mass is 35.5. The van der Waals surface area contributed by atoms with Crippen molar-refractivity contribution in [1.82, 2.24) is 10.6 Å². The lowest BCUT2D eigenvalue weighted by molar-refractivity contribution is -0.123. The second-order valence-electron chi connectivity index (χ2n) is 5.49. The number of ether oxygens (including phenoxy) is 1. The van der Waals surface area contributed by atoms with Crippen molar-refractivity contribution in [2.45, 2.75) is 25.3 Å². The standard InChI is InChI=1S/C15H18ClFN2O4/c16-12-4-3-11(6-13(12)17)23-8-14(20)18-7-9-1-2-10(5-9)19-15(21)22/h3-4,6,9-10,19H,1-2,5,7-8H2,(H,18,20)(H,21,22). The van der Waals surface area contributed by atoms with Crippen LogP contribution < -0.4 is 15.4 Å². The fourth-order valence-electron chi connectivity index (χ4n) is 2.59. The first-order valence-corrected chi connectivity index (χ1v) is 7.66. The zero-order chi connectivity index (χ0) is 16.8. The molecule has 0 aromatic heterocycles. The molecule has 2 atom stereocenters. The van der Waals surface area contributed by atoms with Crippen molar-refractivity contribution in [1.29, 1.82) is 0 Å². The summed E-state index contributed by atoms with van der Waals surface area (Å²) >= 11 is 5.56. The number of halogens is 2. The molecular formula is C15H18ClFN2O4. The van der Waals surface area contributed by atoms with Gasteiger partial charge in [-0.2, -0.15) is 0 Å². The number of hydrogen-bond donors (Lipinski definition) is 3. The van der Waals surface area contributed by atoms with Crippen molar-refractivity contribution in [3.05, 3.63) is 29.0 Å². The lowest BCUT2D eigenvalue weighted by Gasteiger charge is -2.13. The van der Waals surface area contributed by atoms with Crippen molar-refractivity contribution in [3.8, 4) is 5.75 Å². The van der Waals surface area contributed by atoms with Gasteiger partial charge >= 0.3 is 6.09 Å². The molecule has 0 heterocycles. The first-order chi connectivity index (χ1) is 10.9. The fraction of sp³-hybridized carbons (Fsp3) is 0.467. The van der Waals surface area contributed by atoms with Crippen LogP contribution in [0.1, 0.15) is 19.3 Å². The molecule has 1 fully saturated rings. The van der Waals surface area contributed by atoms with Crippen LogP contribution >= 0.6 is 11.6 Å². The molecule has 1 aliphatic rings. The Kier molecular flexibility index (Phi) is 6.04. The Bertz CT molecular complexity index is 585. The summed E-state index contributed by atoms with van der Waals surface area (Å²) in [5, 5.41) is 13.8. The summed E-state index contributed by atoms with van der Waals surface area (Å²) in [5.41, 5.74) is 0. The number of rotatable bonds is 6. The molecule has 1 aromatic carbocycles. The summed E-state index contributed by atoms with van der Waals surface area (Å²) in [6.45, 7) is 0.250. The normalized spacial score (nSPS) is 20.1. The van der Waals surface area contributed by atoms with Crippen molar-refractivity contribution in [2.75, 3.05) is 13.2 Å². The van der Waals surface area contributed by atoms with Crippen molar-refractivity contribution in [3.63, 3.8) is 0 Å². The van der Waals surface area contributed by atoms with Crippen LogP contribution in [-0.4, -0.2) is 36.3 Å². The summed E-state index contributed by atoms with van der Waals surface area (Å²) in [7, 11) is 0. The fourth-order valence-corrected chi connectivity index (χ4v) is 2.71. The van der Waals surface area contributed by atoms with Gasteiger partial charge in [-0.05, 0) is 37.3 Å². The van der Waals surface area contributed by atoms with Gasteiger partial charge in [-0.25, -0.2) is 9.18 Å². The van der Waals surface area contributed by atoms with E-state index in [0.717, 1.165) is 18.9 Å². The van der Waals surface area contributed by atoms with Crippen LogP contribution in [0.3, 0.4) is 0 Å². The minimum Gasteiger partial charge on any atom is -0.484 e. The zero-order valence-electron chi connectivity index (χ0n) is 12.4. The van der Waals surface area contributed by atoms with Crippen LogP contribution in [0.2, 0.25) is 5.02 Å². The molecule has 6 nitrogen and oxygen atoms in total. The molecule has 0 aliphatic heterocycles. The Balaban J connectivity index is 1.67. The third-order valence-electron chi connectivity index (χ3n) is 3.72. The van der Waals surface area contributed by atoms with E-state index in [1.54, 1.807) is 0 Å². The van der Waals surface area contributed by atoms with Gasteiger partial charge in [0, 0.05) is 18.7 Å². The van der Waals surface area contributed by atoms with Crippen LogP contribution in [0.4, 0.5) is 9.18 Å². The van der Waals surface area contributed by atoms with Gasteiger partial charge in [-0.3, -0.25) is 4.79 Å². The summed E-state index contributed by atoms with van der Waals surface area (Å²) in [4.78, 5) is 22.3. The van der Waals surface area contributed by atoms with E-state index < -0.39 is 11.9 Å². The smallest absolute Gasteiger partial charge is 0.404 e. The first kappa shape index (κ1) is 17.3. The summed E-state index contributed by atoms with van der Waals surface area (Å²) in [6, 6.07) is 3.91. The zero-order valence-corrected chi connectivity index (χ0v) is 13.1. The monoisotopic (exact) mass is 344 g/mol. The van der Waals surface area contributed by atoms with Gasteiger partial charge < -0.3 is 20.5 Å². The van der Waals surface area contributed by atoms with Crippen LogP contribution in [0.25, 0.3) is 0 Å². The molecule has 0 radical (unpaired) electrons. The maximum Gasteiger partial charge on any atom is 0.404 e. The average Bonchev–Trinajstić information content (AvgIpc) is 2.93. The number of carbonyl (C=O) groups is 2. The van der Waals surface area contributed by atoms with E-state index in [2.05, 4.69) is 10.6 Å². The molecule has 0 saturated heterocycles. The number of carboxylic acid groups (broad SMARTS) is 1. The minimum atomic E-state index is -1.02. The molecule has 23 heavy (non-hydrogen) atoms. The highest BCUT2D eigenvalue weighted by Crippen LogP contribution is 2.25. The second-order valence-corrected chi connectivity index (χ2v) is 5.90. The Hall–Kier alpha value is -2.02. The largest absolute Gasteiger partial charge is 0.484 e. The van der Waals surface area contributed by atoms with E-state index >= 15 is 0 Å². The van der Waals surface area contributed by atoms with Crippen LogP contribution in [-0.2, 0) is 4.79 Å². The van der Waals surface area contributed by atoms with Gasteiger partial charge in [0.05, 0.1) is 5.02 Å². The second kappa shape index (κ2) is 8.01. The first-order valence-electron chi connectivity index (χ1n) is 7.28. The lowest BCUT2D eigenvalue weighted by atomic mass is 10.1. The van der Waals surface area contributed by atoms with Crippen molar-refractivity contribution < 1.29 is 23.8 Å². The van der Waals surface area contributed by atoms with Gasteiger partial charge in [0.2, 0.25) is 0 Å². The molecule has 1 saturated carbocycles. The molecule has 0 bridgehead atoms. The van der Waals surface area contributed by atoms with Gasteiger partial charge in [0.15, 0.2) is 6.61 Å². The van der Waals surface area contributed by atoms with Crippen molar-refractivity contribution in [2.24, 2.45) is 5.92 Å². The van der Waals surface area contributed by atoms with E-state index in [1.807, 2.05) is 0 Å². The van der Waals surface area contributed by atoms with Gasteiger partial charge in [0.1, 0.15) is 11.6 Å². The van der Waals surface area contributed by atoms with Gasteiger partial charge in [-0.1, -0.05) is 11.6 Å². The van der Waals surface area contributed by atoms with Gasteiger partial charge in [-0.15, -0.1) is 0 Å². The third kappa shape index (κ3) is 5.59. The highest BCUT2D eigenvalue weighted by molar-refractivity contribution is 6.30. The molecule has 2 rings (SSSR count). The maximum atomic E-state index is 13.2. The average molecular weight is 345 g/mol. The van der Waals surface area contributed by atoms with Crippen molar-refractivity contribution >= 4 is 23.6 Å². The van der Waals surface area contributed by atoms with Crippen LogP contribution in [0.5, 0.6) is 5.75 Å². The molecule has 126 valence electrons. The van der Waals surface area contributed by atoms with E-state index in [-0.39, 0.29) is 35.2 Å². The molecule has 0 spiro atoms. The van der Waals surface area contributed by atoms with Gasteiger partial charge in [0.25, 0.3) is 5.91 Å². The molecule has 3 N–H and O–H groups in total. The third-order valence-corrected chi connectivity index (χ3v) is 4.02. The Morgan fingerprint density at radius 1 is 1.39 bits per heavy atom. The van der Waals surface area contributed by atoms with E-state index in [4.69, 9.17) is 21.4 Å². The highest BCUT2D eigenvalue weighted by Gasteiger charge is 2.25. The van der Waals surface area contributed by atoms with E-state index in [0.29, 0.717) is 13.0 Å². The number of nitrogens with one attached hydrogen (secondary N) is 2. The van der Waals surface area contributed by atoms with E-state index in [1.165, 1.54) is 12.1 Å². The summed E-state index contributed by atoms with van der Waals surface area (Å²) in [5.74, 6) is -0.445. The number of amides is 2. The summed E-state index contributed by atoms with van der Waals surface area (Å²) < 4.78 is 18.4.